The molecule has 0 aromatic heterocycles. The third kappa shape index (κ3) is 12.9. The number of thioether (sulfide) groups is 1. The van der Waals surface area contributed by atoms with Crippen molar-refractivity contribution in [2.45, 2.75) is 185 Å². The minimum Gasteiger partial charge on any atom is -0.456 e. The molecule has 356 valence electrons. The number of piperidine rings is 1. The van der Waals surface area contributed by atoms with Crippen molar-refractivity contribution in [1.29, 1.82) is 0 Å². The normalized spacial score (nSPS) is 40.8. The van der Waals surface area contributed by atoms with Crippen LogP contribution in [0.4, 0.5) is 4.39 Å². The van der Waals surface area contributed by atoms with Gasteiger partial charge in [0.1, 0.15) is 35.6 Å². The average molecular weight is 906 g/mol. The lowest BCUT2D eigenvalue weighted by Gasteiger charge is -2.47. The summed E-state index contributed by atoms with van der Waals surface area (Å²) < 4.78 is 51.9. The molecule has 5 aliphatic rings. The first kappa shape index (κ1) is 51.5. The molecule has 3 saturated heterocycles. The molecular weight excluding hydrogens is 830 g/mol. The molecule has 0 radical (unpaired) electrons. The Balaban J connectivity index is 1.60. The molecule has 4 fully saturated rings. The van der Waals surface area contributed by atoms with Crippen LogP contribution in [-0.4, -0.2) is 127 Å². The summed E-state index contributed by atoms with van der Waals surface area (Å²) in [6.45, 7) is 13.7. The minimum atomic E-state index is -2.51. The summed E-state index contributed by atoms with van der Waals surface area (Å²) in [6.07, 6.45) is 8.11. The van der Waals surface area contributed by atoms with E-state index in [0.29, 0.717) is 51.4 Å². The van der Waals surface area contributed by atoms with Gasteiger partial charge in [-0.05, 0) is 120 Å². The standard InChI is InChI=1S/C49H76FNO11S/c1-10-15-35-23-29(2)22-30(3)24-41(58-8)45-42(59-9)26-32(5)49(56,62-45)46(53)47(54)51-20-13-11-16-37(51)48(55)61-44(31(4)25-34-18-19-36(50)40(27-34)57-7)33(6)39(28-38(35)52)60-43-17-12-14-21-63-43/h10,23,25,30,32-37,39-45,56H,1,11-22,24,26-28H2,2-9H3/b29-23+,31-25+/t30-,32+,33+,34-,35+,36+,37-,39-,40+,41-,42-,43-,44+,45+,49+/m0/s1. The third-order valence-electron chi connectivity index (χ3n) is 14.3. The van der Waals surface area contributed by atoms with E-state index < -0.39 is 90.0 Å². The molecule has 1 amide bonds. The van der Waals surface area contributed by atoms with Crippen molar-refractivity contribution in [1.82, 2.24) is 4.90 Å². The van der Waals surface area contributed by atoms with Crippen molar-refractivity contribution in [2.75, 3.05) is 33.6 Å². The fourth-order valence-corrected chi connectivity index (χ4v) is 11.8. The zero-order chi connectivity index (χ0) is 46.0. The summed E-state index contributed by atoms with van der Waals surface area (Å²) in [5.41, 5.74) is 1.59. The molecule has 4 heterocycles. The first-order valence-corrected chi connectivity index (χ1v) is 24.5. The van der Waals surface area contributed by atoms with Gasteiger partial charge in [0.25, 0.3) is 11.7 Å². The van der Waals surface area contributed by atoms with Gasteiger partial charge in [0.2, 0.25) is 5.79 Å². The monoisotopic (exact) mass is 906 g/mol. The van der Waals surface area contributed by atoms with Crippen LogP contribution in [0, 0.1) is 29.6 Å². The van der Waals surface area contributed by atoms with Gasteiger partial charge in [0.15, 0.2) is 0 Å². The molecule has 0 unspecified atom stereocenters. The van der Waals surface area contributed by atoms with Gasteiger partial charge in [-0.25, -0.2) is 9.18 Å². The summed E-state index contributed by atoms with van der Waals surface area (Å²) in [6, 6.07) is -1.12. The first-order chi connectivity index (χ1) is 30.0. The molecule has 15 atom stereocenters. The van der Waals surface area contributed by atoms with E-state index in [4.69, 9.17) is 28.4 Å². The lowest BCUT2D eigenvalue weighted by molar-refractivity contribution is -0.302. The predicted molar refractivity (Wildman–Crippen MR) is 240 cm³/mol. The average Bonchev–Trinajstić information content (AvgIpc) is 3.27. The molecule has 12 nitrogen and oxygen atoms in total. The summed E-state index contributed by atoms with van der Waals surface area (Å²) in [5, 5.41) is 12.2. The highest BCUT2D eigenvalue weighted by molar-refractivity contribution is 7.99. The maximum atomic E-state index is 14.8. The number of hydrogen-bond donors (Lipinski definition) is 1. The Hall–Kier alpha value is -2.46. The van der Waals surface area contributed by atoms with E-state index in [-0.39, 0.29) is 48.9 Å². The number of ether oxygens (including phenoxy) is 6. The Morgan fingerprint density at radius 2 is 1.63 bits per heavy atom. The van der Waals surface area contributed by atoms with Crippen molar-refractivity contribution in [3.05, 3.63) is 36.0 Å². The molecule has 4 aliphatic heterocycles. The second kappa shape index (κ2) is 23.8. The lowest BCUT2D eigenvalue weighted by Crippen LogP contribution is -2.64. The summed E-state index contributed by atoms with van der Waals surface area (Å²) in [4.78, 5) is 59.4. The molecule has 14 heteroatoms. The topological polar surface area (TPSA) is 147 Å². The summed E-state index contributed by atoms with van der Waals surface area (Å²) in [7, 11) is 4.60. The number of rotatable bonds is 9. The molecule has 0 aromatic carbocycles. The number of esters is 1. The van der Waals surface area contributed by atoms with Crippen LogP contribution in [0.25, 0.3) is 0 Å². The van der Waals surface area contributed by atoms with Crippen molar-refractivity contribution >= 4 is 35.2 Å². The van der Waals surface area contributed by atoms with Gasteiger partial charge in [0.05, 0.1) is 24.4 Å². The first-order valence-electron chi connectivity index (χ1n) is 23.5. The fourth-order valence-electron chi connectivity index (χ4n) is 10.6. The Morgan fingerprint density at radius 3 is 2.30 bits per heavy atom. The van der Waals surface area contributed by atoms with E-state index >= 15 is 0 Å². The number of carbonyl (C=O) groups is 4. The molecule has 1 saturated carbocycles. The van der Waals surface area contributed by atoms with Crippen LogP contribution < -0.4 is 0 Å². The van der Waals surface area contributed by atoms with Gasteiger partial charge >= 0.3 is 5.97 Å². The van der Waals surface area contributed by atoms with Gasteiger partial charge in [-0.1, -0.05) is 44.6 Å². The Labute approximate surface area is 379 Å². The van der Waals surface area contributed by atoms with Crippen LogP contribution in [0.2, 0.25) is 0 Å². The molecule has 2 bridgehead atoms. The van der Waals surface area contributed by atoms with Crippen LogP contribution in [-0.2, 0) is 47.6 Å². The Bertz CT molecular complexity index is 1640. The smallest absolute Gasteiger partial charge is 0.329 e. The SMILES string of the molecule is C=CC[C@@H]1/C=C(\C)C[C@H](C)C[C@H](OC)[C@H]2O[C@@](O)(C(=O)C(=O)N3CCCC[C@H]3C(=O)O[C@H](/C(C)=C/[C@@H]3CC[C@@H](F)[C@H](OC)C3)[C@H](C)[C@@H](O[C@@H]3CCCCS3)CC1=O)[C@H](C)C[C@@H]2OC. The largest absolute Gasteiger partial charge is 0.456 e. The van der Waals surface area contributed by atoms with Crippen LogP contribution in [0.5, 0.6) is 0 Å². The molecule has 0 spiro atoms. The molecule has 0 aromatic rings. The quantitative estimate of drug-likeness (QED) is 0.136. The van der Waals surface area contributed by atoms with E-state index in [2.05, 4.69) is 13.5 Å². The van der Waals surface area contributed by atoms with E-state index in [1.54, 1.807) is 39.0 Å². The van der Waals surface area contributed by atoms with E-state index in [1.165, 1.54) is 12.0 Å². The molecular formula is C49H76FNO11S. The number of allylic oxidation sites excluding steroid dienone is 4. The molecule has 5 rings (SSSR count). The van der Waals surface area contributed by atoms with Crippen molar-refractivity contribution in [2.24, 2.45) is 29.6 Å². The highest BCUT2D eigenvalue weighted by atomic mass is 32.2. The Morgan fingerprint density at radius 1 is 0.937 bits per heavy atom. The predicted octanol–water partition coefficient (Wildman–Crippen LogP) is 7.88. The zero-order valence-electron chi connectivity index (χ0n) is 39.1. The summed E-state index contributed by atoms with van der Waals surface area (Å²) in [5.74, 6) is -6.29. The number of Topliss-reactive ketones (excluding diaryl/α,β-unsaturated/α-hetero) is 2. The van der Waals surface area contributed by atoms with Gasteiger partial charge in [0, 0.05) is 52.0 Å². The van der Waals surface area contributed by atoms with Crippen molar-refractivity contribution < 1.29 is 57.1 Å². The van der Waals surface area contributed by atoms with Crippen LogP contribution >= 0.6 is 11.8 Å². The number of carbonyl (C=O) groups excluding carboxylic acids is 4. The second-order valence-electron chi connectivity index (χ2n) is 19.1. The number of halogens is 1. The van der Waals surface area contributed by atoms with E-state index in [0.717, 1.165) is 36.2 Å². The lowest BCUT2D eigenvalue weighted by atomic mass is 9.81. The van der Waals surface area contributed by atoms with Crippen LogP contribution in [0.3, 0.4) is 0 Å². The highest BCUT2D eigenvalue weighted by Gasteiger charge is 2.56. The molecule has 1 aliphatic carbocycles. The minimum absolute atomic E-state index is 0.00866. The number of alkyl halides is 1. The zero-order valence-corrected chi connectivity index (χ0v) is 39.9. The number of fused-ring (bicyclic) bond motifs is 3. The number of nitrogens with zero attached hydrogens (tertiary/aromatic N) is 1. The number of hydrogen-bond acceptors (Lipinski definition) is 12. The number of methoxy groups -OCH3 is 3. The maximum Gasteiger partial charge on any atom is 0.329 e. The highest BCUT2D eigenvalue weighted by Crippen LogP contribution is 2.40. The number of amides is 1. The summed E-state index contributed by atoms with van der Waals surface area (Å²) >= 11 is 1.73. The number of cyclic esters (lactones) is 1. The Kier molecular flexibility index (Phi) is 19.5. The van der Waals surface area contributed by atoms with E-state index in [9.17, 15) is 28.7 Å². The van der Waals surface area contributed by atoms with Crippen LogP contribution in [0.15, 0.2) is 36.0 Å². The van der Waals surface area contributed by atoms with E-state index in [1.807, 2.05) is 32.9 Å². The van der Waals surface area contributed by atoms with Gasteiger partial charge in [-0.15, -0.1) is 18.3 Å². The van der Waals surface area contributed by atoms with Crippen molar-refractivity contribution in [3.8, 4) is 0 Å². The van der Waals surface area contributed by atoms with Gasteiger partial charge in [-0.2, -0.15) is 0 Å². The van der Waals surface area contributed by atoms with Crippen molar-refractivity contribution in [3.63, 3.8) is 0 Å². The third-order valence-corrected chi connectivity index (χ3v) is 15.5. The number of aliphatic hydroxyl groups is 1. The molecule has 1 N–H and O–H groups in total. The van der Waals surface area contributed by atoms with Gasteiger partial charge in [-0.3, -0.25) is 14.4 Å². The second-order valence-corrected chi connectivity index (χ2v) is 20.4. The number of ketones is 2. The van der Waals surface area contributed by atoms with Crippen LogP contribution in [0.1, 0.15) is 125 Å². The maximum absolute atomic E-state index is 14.8. The molecule has 63 heavy (non-hydrogen) atoms. The fraction of sp³-hybridized carbons (Fsp3) is 0.796. The van der Waals surface area contributed by atoms with Gasteiger partial charge < -0.3 is 38.4 Å².